The summed E-state index contributed by atoms with van der Waals surface area (Å²) in [6.45, 7) is 12.3. The minimum Gasteiger partial charge on any atom is -0.313 e. The number of hydrogen-bond donors (Lipinski definition) is 1. The van der Waals surface area contributed by atoms with Crippen LogP contribution in [0.2, 0.25) is 0 Å². The Morgan fingerprint density at radius 3 is 2.45 bits per heavy atom. The van der Waals surface area contributed by atoms with Gasteiger partial charge in [-0.3, -0.25) is 0 Å². The molecule has 0 aromatic carbocycles. The van der Waals surface area contributed by atoms with Crippen LogP contribution in [0.4, 0.5) is 0 Å². The summed E-state index contributed by atoms with van der Waals surface area (Å²) >= 11 is 0. The molecule has 0 saturated carbocycles. The SMILES string of the molecule is CCNCc1cc(CC)nc(-n2nc(C)c(C)c2C)c1. The number of nitrogens with one attached hydrogen (secondary N) is 1. The van der Waals surface area contributed by atoms with Gasteiger partial charge < -0.3 is 5.32 Å². The molecule has 4 heteroatoms. The zero-order valence-electron chi connectivity index (χ0n) is 13.1. The lowest BCUT2D eigenvalue weighted by Gasteiger charge is -2.10. The molecule has 2 aromatic heterocycles. The van der Waals surface area contributed by atoms with E-state index in [1.54, 1.807) is 0 Å². The third-order valence-corrected chi connectivity index (χ3v) is 3.74. The Morgan fingerprint density at radius 1 is 1.15 bits per heavy atom. The van der Waals surface area contributed by atoms with Crippen LogP contribution in [0.3, 0.4) is 0 Å². The maximum atomic E-state index is 4.72. The highest BCUT2D eigenvalue weighted by atomic mass is 15.3. The number of aromatic nitrogens is 3. The normalized spacial score (nSPS) is 11.1. The molecule has 0 radical (unpaired) electrons. The van der Waals surface area contributed by atoms with E-state index < -0.39 is 0 Å². The first kappa shape index (κ1) is 14.7. The van der Waals surface area contributed by atoms with Crippen LogP contribution < -0.4 is 5.32 Å². The average Bonchev–Trinajstić information content (AvgIpc) is 2.72. The number of pyridine rings is 1. The summed E-state index contributed by atoms with van der Waals surface area (Å²) in [5, 5.41) is 7.98. The molecule has 0 fully saturated rings. The number of rotatable bonds is 5. The molecule has 4 nitrogen and oxygen atoms in total. The highest BCUT2D eigenvalue weighted by Gasteiger charge is 2.11. The molecule has 0 saturated heterocycles. The van der Waals surface area contributed by atoms with Gasteiger partial charge in [0.15, 0.2) is 5.82 Å². The molecule has 2 aromatic rings. The fourth-order valence-corrected chi connectivity index (χ4v) is 2.24. The van der Waals surface area contributed by atoms with Crippen LogP contribution in [0.25, 0.3) is 5.82 Å². The predicted octanol–water partition coefficient (Wildman–Crippen LogP) is 2.86. The van der Waals surface area contributed by atoms with Gasteiger partial charge >= 0.3 is 0 Å². The third kappa shape index (κ3) is 2.90. The van der Waals surface area contributed by atoms with E-state index in [1.807, 2.05) is 11.6 Å². The molecule has 1 N–H and O–H groups in total. The second-order valence-electron chi connectivity index (χ2n) is 5.17. The molecule has 2 rings (SSSR count). The van der Waals surface area contributed by atoms with Crippen molar-refractivity contribution in [2.24, 2.45) is 0 Å². The highest BCUT2D eigenvalue weighted by Crippen LogP contribution is 2.17. The minimum atomic E-state index is 0.872. The zero-order valence-corrected chi connectivity index (χ0v) is 13.1. The average molecular weight is 272 g/mol. The quantitative estimate of drug-likeness (QED) is 0.910. The van der Waals surface area contributed by atoms with Gasteiger partial charge in [-0.25, -0.2) is 9.67 Å². The summed E-state index contributed by atoms with van der Waals surface area (Å²) in [4.78, 5) is 4.72. The van der Waals surface area contributed by atoms with Crippen molar-refractivity contribution in [3.63, 3.8) is 0 Å². The summed E-state index contributed by atoms with van der Waals surface area (Å²) in [6.07, 6.45) is 0.936. The van der Waals surface area contributed by atoms with E-state index in [0.29, 0.717) is 0 Å². The van der Waals surface area contributed by atoms with Crippen LogP contribution >= 0.6 is 0 Å². The van der Waals surface area contributed by atoms with Crippen molar-refractivity contribution in [2.75, 3.05) is 6.54 Å². The lowest BCUT2D eigenvalue weighted by molar-refractivity contribution is 0.718. The first-order valence-corrected chi connectivity index (χ1v) is 7.30. The van der Waals surface area contributed by atoms with Crippen LogP contribution in [-0.4, -0.2) is 21.3 Å². The van der Waals surface area contributed by atoms with E-state index in [0.717, 1.165) is 42.4 Å². The number of nitrogens with zero attached hydrogens (tertiary/aromatic N) is 3. The Morgan fingerprint density at radius 2 is 1.90 bits per heavy atom. The van der Waals surface area contributed by atoms with Crippen LogP contribution in [0.15, 0.2) is 12.1 Å². The van der Waals surface area contributed by atoms with Crippen molar-refractivity contribution in [2.45, 2.75) is 47.6 Å². The summed E-state index contributed by atoms with van der Waals surface area (Å²) in [6, 6.07) is 4.30. The molecule has 0 atom stereocenters. The molecule has 0 aliphatic heterocycles. The van der Waals surface area contributed by atoms with E-state index in [4.69, 9.17) is 4.98 Å². The Kier molecular flexibility index (Phi) is 4.55. The topological polar surface area (TPSA) is 42.7 Å². The summed E-state index contributed by atoms with van der Waals surface area (Å²) < 4.78 is 1.96. The second-order valence-corrected chi connectivity index (χ2v) is 5.17. The summed E-state index contributed by atoms with van der Waals surface area (Å²) in [5.41, 5.74) is 5.85. The summed E-state index contributed by atoms with van der Waals surface area (Å²) in [7, 11) is 0. The van der Waals surface area contributed by atoms with Crippen LogP contribution in [0, 0.1) is 20.8 Å². The lowest BCUT2D eigenvalue weighted by Crippen LogP contribution is -2.13. The van der Waals surface area contributed by atoms with Crippen molar-refractivity contribution in [1.29, 1.82) is 0 Å². The van der Waals surface area contributed by atoms with Crippen LogP contribution in [0.1, 0.15) is 42.1 Å². The molecule has 108 valence electrons. The van der Waals surface area contributed by atoms with E-state index in [9.17, 15) is 0 Å². The molecule has 0 unspecified atom stereocenters. The van der Waals surface area contributed by atoms with Crippen LogP contribution in [0.5, 0.6) is 0 Å². The molecule has 2 heterocycles. The Balaban J connectivity index is 2.46. The second kappa shape index (κ2) is 6.18. The van der Waals surface area contributed by atoms with Crippen molar-refractivity contribution in [3.05, 3.63) is 40.3 Å². The van der Waals surface area contributed by atoms with Crippen molar-refractivity contribution in [1.82, 2.24) is 20.1 Å². The highest BCUT2D eigenvalue weighted by molar-refractivity contribution is 5.35. The van der Waals surface area contributed by atoms with Crippen LogP contribution in [-0.2, 0) is 13.0 Å². The molecule has 20 heavy (non-hydrogen) atoms. The van der Waals surface area contributed by atoms with Gasteiger partial charge in [-0.05, 0) is 57.0 Å². The predicted molar refractivity (Wildman–Crippen MR) is 82.3 cm³/mol. The third-order valence-electron chi connectivity index (χ3n) is 3.74. The van der Waals surface area contributed by atoms with E-state index >= 15 is 0 Å². The number of aryl methyl sites for hydroxylation is 2. The van der Waals surface area contributed by atoms with E-state index in [2.05, 4.69) is 50.2 Å². The molecule has 0 aliphatic rings. The van der Waals surface area contributed by atoms with E-state index in [-0.39, 0.29) is 0 Å². The minimum absolute atomic E-state index is 0.872. The molecular formula is C16H24N4. The molecular weight excluding hydrogens is 248 g/mol. The first-order valence-electron chi connectivity index (χ1n) is 7.30. The fraction of sp³-hybridized carbons (Fsp3) is 0.500. The lowest BCUT2D eigenvalue weighted by atomic mass is 10.2. The summed E-state index contributed by atoms with van der Waals surface area (Å²) in [5.74, 6) is 0.922. The maximum absolute atomic E-state index is 4.72. The molecule has 0 amide bonds. The van der Waals surface area contributed by atoms with Gasteiger partial charge in [-0.15, -0.1) is 0 Å². The van der Waals surface area contributed by atoms with Gasteiger partial charge in [-0.2, -0.15) is 5.10 Å². The van der Waals surface area contributed by atoms with Crippen molar-refractivity contribution < 1.29 is 0 Å². The Labute approximate surface area is 121 Å². The Hall–Kier alpha value is -1.68. The van der Waals surface area contributed by atoms with Gasteiger partial charge in [0.2, 0.25) is 0 Å². The zero-order chi connectivity index (χ0) is 14.7. The Bertz CT molecular complexity index is 599. The van der Waals surface area contributed by atoms with Gasteiger partial charge in [0.1, 0.15) is 0 Å². The fourth-order valence-electron chi connectivity index (χ4n) is 2.24. The molecule has 0 spiro atoms. The van der Waals surface area contributed by atoms with Gasteiger partial charge in [0.05, 0.1) is 5.69 Å². The largest absolute Gasteiger partial charge is 0.313 e. The van der Waals surface area contributed by atoms with Gasteiger partial charge in [0.25, 0.3) is 0 Å². The monoisotopic (exact) mass is 272 g/mol. The molecule has 0 aliphatic carbocycles. The number of hydrogen-bond acceptors (Lipinski definition) is 3. The van der Waals surface area contributed by atoms with E-state index in [1.165, 1.54) is 11.1 Å². The molecule has 0 bridgehead atoms. The van der Waals surface area contributed by atoms with Gasteiger partial charge in [-0.1, -0.05) is 13.8 Å². The standard InChI is InChI=1S/C16H24N4/c1-6-15-8-14(10-17-7-2)9-16(18-15)20-13(5)11(3)12(4)19-20/h8-9,17H,6-7,10H2,1-5H3. The first-order chi connectivity index (χ1) is 9.56. The maximum Gasteiger partial charge on any atom is 0.154 e. The van der Waals surface area contributed by atoms with Crippen molar-refractivity contribution in [3.8, 4) is 5.82 Å². The smallest absolute Gasteiger partial charge is 0.154 e. The van der Waals surface area contributed by atoms with Gasteiger partial charge in [0, 0.05) is 17.9 Å². The van der Waals surface area contributed by atoms with Crippen molar-refractivity contribution >= 4 is 0 Å².